The Labute approximate surface area is 162 Å². The zero-order valence-electron chi connectivity index (χ0n) is 16.6. The SMILES string of the molecule is C[C@@H]1CCCCN1[C@@H](C)CNC(=O)NC[C@@H]1CCN(c2ccc(F)cc2)C1. The summed E-state index contributed by atoms with van der Waals surface area (Å²) in [6.45, 7) is 8.81. The van der Waals surface area contributed by atoms with Gasteiger partial charge in [-0.25, -0.2) is 9.18 Å². The molecule has 0 aromatic heterocycles. The lowest BCUT2D eigenvalue weighted by Gasteiger charge is -2.38. The summed E-state index contributed by atoms with van der Waals surface area (Å²) in [5.74, 6) is 0.223. The third-order valence-corrected chi connectivity index (χ3v) is 6.01. The molecule has 2 aliphatic heterocycles. The number of likely N-dealkylation sites (tertiary alicyclic amines) is 1. The van der Waals surface area contributed by atoms with Gasteiger partial charge in [-0.1, -0.05) is 6.42 Å². The number of urea groups is 1. The van der Waals surface area contributed by atoms with Crippen molar-refractivity contribution in [1.29, 1.82) is 0 Å². The fourth-order valence-corrected chi connectivity index (χ4v) is 4.32. The summed E-state index contributed by atoms with van der Waals surface area (Å²) in [6, 6.07) is 7.53. The lowest BCUT2D eigenvalue weighted by atomic mass is 10.0. The summed E-state index contributed by atoms with van der Waals surface area (Å²) in [4.78, 5) is 16.9. The van der Waals surface area contributed by atoms with E-state index in [-0.39, 0.29) is 11.8 Å². The van der Waals surface area contributed by atoms with Crippen molar-refractivity contribution in [2.75, 3.05) is 37.6 Å². The minimum Gasteiger partial charge on any atom is -0.371 e. The highest BCUT2D eigenvalue weighted by Crippen LogP contribution is 2.23. The van der Waals surface area contributed by atoms with Gasteiger partial charge in [0.2, 0.25) is 0 Å². The molecule has 3 rings (SSSR count). The Morgan fingerprint density at radius 2 is 1.96 bits per heavy atom. The molecule has 1 aromatic carbocycles. The van der Waals surface area contributed by atoms with Crippen molar-refractivity contribution in [3.63, 3.8) is 0 Å². The van der Waals surface area contributed by atoms with Crippen molar-refractivity contribution < 1.29 is 9.18 Å². The average Bonchev–Trinajstić information content (AvgIpc) is 3.14. The zero-order valence-corrected chi connectivity index (χ0v) is 16.6. The standard InChI is InChI=1S/C21H33FN4O/c1-16-5-3-4-11-26(16)17(2)13-23-21(27)24-14-18-10-12-25(15-18)20-8-6-19(22)7-9-20/h6-9,16-18H,3-5,10-15H2,1-2H3,(H2,23,24,27)/t16-,17+,18+/m1/s1. The second kappa shape index (κ2) is 9.40. The van der Waals surface area contributed by atoms with Crippen molar-refractivity contribution in [1.82, 2.24) is 15.5 Å². The molecule has 150 valence electrons. The summed E-state index contributed by atoms with van der Waals surface area (Å²) in [5.41, 5.74) is 1.05. The van der Waals surface area contributed by atoms with Crippen molar-refractivity contribution in [3.05, 3.63) is 30.1 Å². The van der Waals surface area contributed by atoms with Gasteiger partial charge in [0.25, 0.3) is 0 Å². The molecule has 5 nitrogen and oxygen atoms in total. The summed E-state index contributed by atoms with van der Waals surface area (Å²) in [5, 5.41) is 6.05. The number of nitrogens with one attached hydrogen (secondary N) is 2. The third kappa shape index (κ3) is 5.58. The molecule has 0 radical (unpaired) electrons. The van der Waals surface area contributed by atoms with Crippen LogP contribution >= 0.6 is 0 Å². The molecule has 3 atom stereocenters. The number of nitrogens with zero attached hydrogens (tertiary/aromatic N) is 2. The van der Waals surface area contributed by atoms with E-state index in [1.807, 2.05) is 12.1 Å². The Balaban J connectivity index is 1.35. The summed E-state index contributed by atoms with van der Waals surface area (Å²) >= 11 is 0. The number of carbonyl (C=O) groups is 1. The molecule has 0 bridgehead atoms. The molecule has 2 N–H and O–H groups in total. The number of rotatable bonds is 6. The van der Waals surface area contributed by atoms with E-state index < -0.39 is 0 Å². The number of anilines is 1. The van der Waals surface area contributed by atoms with E-state index in [4.69, 9.17) is 0 Å². The van der Waals surface area contributed by atoms with E-state index >= 15 is 0 Å². The number of hydrogen-bond donors (Lipinski definition) is 2. The predicted octanol–water partition coefficient (Wildman–Crippen LogP) is 3.21. The van der Waals surface area contributed by atoms with Gasteiger partial charge in [0.05, 0.1) is 0 Å². The number of halogens is 1. The highest BCUT2D eigenvalue weighted by atomic mass is 19.1. The van der Waals surface area contributed by atoms with Crippen LogP contribution in [0.3, 0.4) is 0 Å². The van der Waals surface area contributed by atoms with Gasteiger partial charge in [0, 0.05) is 44.0 Å². The van der Waals surface area contributed by atoms with Crippen LogP contribution in [-0.2, 0) is 0 Å². The highest BCUT2D eigenvalue weighted by Gasteiger charge is 2.25. The normalized spacial score (nSPS) is 24.6. The van der Waals surface area contributed by atoms with Gasteiger partial charge in [-0.3, -0.25) is 4.90 Å². The van der Waals surface area contributed by atoms with Crippen LogP contribution in [0.2, 0.25) is 0 Å². The Kier molecular flexibility index (Phi) is 6.94. The van der Waals surface area contributed by atoms with Crippen LogP contribution in [0.5, 0.6) is 0 Å². The first-order chi connectivity index (χ1) is 13.0. The number of carbonyl (C=O) groups excluding carboxylic acids is 1. The van der Waals surface area contributed by atoms with E-state index in [0.29, 0.717) is 31.1 Å². The Hall–Kier alpha value is -1.82. The molecule has 2 fully saturated rings. The quantitative estimate of drug-likeness (QED) is 0.801. The molecular formula is C21H33FN4O. The van der Waals surface area contributed by atoms with E-state index in [9.17, 15) is 9.18 Å². The summed E-state index contributed by atoms with van der Waals surface area (Å²) < 4.78 is 13.1. The molecule has 0 unspecified atom stereocenters. The topological polar surface area (TPSA) is 47.6 Å². The maximum Gasteiger partial charge on any atom is 0.314 e. The fraction of sp³-hybridized carbons (Fsp3) is 0.667. The van der Waals surface area contributed by atoms with Gasteiger partial charge in [-0.05, 0) is 69.8 Å². The number of hydrogen-bond acceptors (Lipinski definition) is 3. The molecule has 0 saturated carbocycles. The zero-order chi connectivity index (χ0) is 19.2. The Morgan fingerprint density at radius 3 is 2.70 bits per heavy atom. The lowest BCUT2D eigenvalue weighted by Crippen LogP contribution is -2.50. The smallest absolute Gasteiger partial charge is 0.314 e. The maximum atomic E-state index is 13.1. The summed E-state index contributed by atoms with van der Waals surface area (Å²) in [6.07, 6.45) is 4.86. The van der Waals surface area contributed by atoms with E-state index in [1.54, 1.807) is 0 Å². The van der Waals surface area contributed by atoms with Gasteiger partial charge < -0.3 is 15.5 Å². The van der Waals surface area contributed by atoms with Gasteiger partial charge >= 0.3 is 6.03 Å². The average molecular weight is 377 g/mol. The van der Waals surface area contributed by atoms with Crippen LogP contribution in [0.1, 0.15) is 39.5 Å². The van der Waals surface area contributed by atoms with Gasteiger partial charge in [0.1, 0.15) is 5.82 Å². The summed E-state index contributed by atoms with van der Waals surface area (Å²) in [7, 11) is 0. The van der Waals surface area contributed by atoms with Crippen molar-refractivity contribution >= 4 is 11.7 Å². The largest absolute Gasteiger partial charge is 0.371 e. The first-order valence-corrected chi connectivity index (χ1v) is 10.3. The highest BCUT2D eigenvalue weighted by molar-refractivity contribution is 5.73. The van der Waals surface area contributed by atoms with Crippen molar-refractivity contribution in [2.24, 2.45) is 5.92 Å². The van der Waals surface area contributed by atoms with E-state index in [1.165, 1.54) is 31.4 Å². The lowest BCUT2D eigenvalue weighted by molar-refractivity contribution is 0.114. The first-order valence-electron chi connectivity index (χ1n) is 10.3. The number of amides is 2. The molecule has 0 aliphatic carbocycles. The van der Waals surface area contributed by atoms with Gasteiger partial charge in [0.15, 0.2) is 0 Å². The number of benzene rings is 1. The molecular weight excluding hydrogens is 343 g/mol. The monoisotopic (exact) mass is 376 g/mol. The van der Waals surface area contributed by atoms with Crippen LogP contribution in [0.25, 0.3) is 0 Å². The Morgan fingerprint density at radius 1 is 1.19 bits per heavy atom. The minimum absolute atomic E-state index is 0.0771. The van der Waals surface area contributed by atoms with Crippen molar-refractivity contribution in [3.8, 4) is 0 Å². The van der Waals surface area contributed by atoms with Crippen LogP contribution in [0.15, 0.2) is 24.3 Å². The molecule has 1 aromatic rings. The maximum absolute atomic E-state index is 13.1. The molecule has 2 saturated heterocycles. The molecule has 0 spiro atoms. The van der Waals surface area contributed by atoms with Crippen LogP contribution < -0.4 is 15.5 Å². The van der Waals surface area contributed by atoms with Crippen LogP contribution in [0.4, 0.5) is 14.9 Å². The second-order valence-electron chi connectivity index (χ2n) is 8.10. The van der Waals surface area contributed by atoms with E-state index in [2.05, 4.69) is 34.3 Å². The minimum atomic E-state index is -0.207. The third-order valence-electron chi connectivity index (χ3n) is 6.01. The first kappa shape index (κ1) is 19.9. The van der Waals surface area contributed by atoms with Crippen molar-refractivity contribution in [2.45, 2.75) is 51.6 Å². The fourth-order valence-electron chi connectivity index (χ4n) is 4.32. The van der Waals surface area contributed by atoms with Crippen LogP contribution in [0, 0.1) is 11.7 Å². The molecule has 2 amide bonds. The van der Waals surface area contributed by atoms with Crippen LogP contribution in [-0.4, -0.2) is 55.7 Å². The Bertz CT molecular complexity index is 609. The predicted molar refractivity (Wildman–Crippen MR) is 108 cm³/mol. The second-order valence-corrected chi connectivity index (χ2v) is 8.10. The van der Waals surface area contributed by atoms with E-state index in [0.717, 1.165) is 31.7 Å². The molecule has 6 heteroatoms. The number of piperidine rings is 1. The molecule has 2 heterocycles. The molecule has 27 heavy (non-hydrogen) atoms. The van der Waals surface area contributed by atoms with Gasteiger partial charge in [-0.2, -0.15) is 0 Å². The van der Waals surface area contributed by atoms with Gasteiger partial charge in [-0.15, -0.1) is 0 Å². The molecule has 2 aliphatic rings.